The van der Waals surface area contributed by atoms with Crippen molar-refractivity contribution in [1.82, 2.24) is 25.4 Å². The van der Waals surface area contributed by atoms with Crippen LogP contribution in [-0.2, 0) is 19.6 Å². The Balaban J connectivity index is 1.66. The van der Waals surface area contributed by atoms with Crippen LogP contribution in [0.3, 0.4) is 0 Å². The minimum absolute atomic E-state index is 0.0727. The maximum Gasteiger partial charge on any atom is 0.387 e. The summed E-state index contributed by atoms with van der Waals surface area (Å²) in [6.07, 6.45) is 3.17. The van der Waals surface area contributed by atoms with Crippen LogP contribution in [0.25, 0.3) is 0 Å². The summed E-state index contributed by atoms with van der Waals surface area (Å²) in [7, 11) is 0. The molecule has 1 aromatic heterocycles. The smallest absolute Gasteiger partial charge is 0.387 e. The van der Waals surface area contributed by atoms with E-state index in [1.54, 1.807) is 17.1 Å². The number of hydrogen-bond donors (Lipinski definition) is 2. The predicted molar refractivity (Wildman–Crippen MR) is 115 cm³/mol. The van der Waals surface area contributed by atoms with Crippen LogP contribution < -0.4 is 15.4 Å². The average molecular weight is 449 g/mol. The van der Waals surface area contributed by atoms with Gasteiger partial charge in [-0.2, -0.15) is 13.9 Å². The van der Waals surface area contributed by atoms with Gasteiger partial charge in [-0.3, -0.25) is 0 Å². The lowest BCUT2D eigenvalue weighted by Gasteiger charge is -2.15. The van der Waals surface area contributed by atoms with E-state index >= 15 is 0 Å². The first-order chi connectivity index (χ1) is 15.0. The molecule has 0 unspecified atom stereocenters. The Morgan fingerprint density at radius 1 is 1.19 bits per heavy atom. The molecule has 0 amide bonds. The van der Waals surface area contributed by atoms with Gasteiger partial charge in [-0.1, -0.05) is 35.9 Å². The maximum absolute atomic E-state index is 12.7. The summed E-state index contributed by atoms with van der Waals surface area (Å²) >= 11 is 6.01. The number of aromatic nitrogens is 3. The quantitative estimate of drug-likeness (QED) is 0.384. The van der Waals surface area contributed by atoms with E-state index in [1.165, 1.54) is 18.5 Å². The van der Waals surface area contributed by atoms with Crippen molar-refractivity contribution >= 4 is 17.6 Å². The first-order valence-corrected chi connectivity index (χ1v) is 10.1. The Morgan fingerprint density at radius 3 is 2.77 bits per heavy atom. The summed E-state index contributed by atoms with van der Waals surface area (Å²) in [6.45, 7) is 0.968. The molecule has 0 saturated carbocycles. The van der Waals surface area contributed by atoms with Crippen LogP contribution in [0.2, 0.25) is 5.02 Å². The minimum atomic E-state index is -2.91. The molecule has 164 valence electrons. The molecule has 3 aromatic rings. The molecule has 2 N–H and O–H groups in total. The van der Waals surface area contributed by atoms with Crippen molar-refractivity contribution in [3.8, 4) is 5.75 Å². The number of ether oxygens (including phenoxy) is 1. The standard InChI is InChI=1S/C21H23ClF2N6O/c1-2-26-21(28-11-17-9-18(22)6-7-19(17)31-20(23)24)27-10-15-4-3-5-16(8-15)12-30-14-25-13-29-30/h3-9,13-14,20H,2,10-12H2,1H3,(H2,26,27,28). The van der Waals surface area contributed by atoms with Gasteiger partial charge in [-0.05, 0) is 36.2 Å². The van der Waals surface area contributed by atoms with Crippen molar-refractivity contribution in [2.24, 2.45) is 4.99 Å². The molecular formula is C21H23ClF2N6O. The van der Waals surface area contributed by atoms with E-state index in [2.05, 4.69) is 36.5 Å². The van der Waals surface area contributed by atoms with Crippen molar-refractivity contribution in [1.29, 1.82) is 0 Å². The first-order valence-electron chi connectivity index (χ1n) is 9.69. The highest BCUT2D eigenvalue weighted by Crippen LogP contribution is 2.24. The molecule has 0 fully saturated rings. The molecule has 0 saturated heterocycles. The Morgan fingerprint density at radius 2 is 2.03 bits per heavy atom. The molecule has 2 aromatic carbocycles. The van der Waals surface area contributed by atoms with Crippen LogP contribution in [-0.4, -0.2) is 33.9 Å². The Kier molecular flexibility index (Phi) is 8.17. The molecule has 0 bridgehead atoms. The largest absolute Gasteiger partial charge is 0.434 e. The van der Waals surface area contributed by atoms with Crippen LogP contribution in [0.1, 0.15) is 23.6 Å². The van der Waals surface area contributed by atoms with Gasteiger partial charge >= 0.3 is 6.61 Å². The van der Waals surface area contributed by atoms with Crippen LogP contribution in [0.4, 0.5) is 8.78 Å². The maximum atomic E-state index is 12.7. The topological polar surface area (TPSA) is 76.4 Å². The van der Waals surface area contributed by atoms with Crippen molar-refractivity contribution in [3.63, 3.8) is 0 Å². The third kappa shape index (κ3) is 7.21. The zero-order chi connectivity index (χ0) is 22.1. The fourth-order valence-electron chi connectivity index (χ4n) is 2.92. The zero-order valence-electron chi connectivity index (χ0n) is 16.9. The molecular weight excluding hydrogens is 426 g/mol. The highest BCUT2D eigenvalue weighted by molar-refractivity contribution is 6.30. The van der Waals surface area contributed by atoms with Crippen molar-refractivity contribution < 1.29 is 13.5 Å². The second kappa shape index (κ2) is 11.3. The van der Waals surface area contributed by atoms with Crippen molar-refractivity contribution in [3.05, 3.63) is 76.8 Å². The van der Waals surface area contributed by atoms with Gasteiger partial charge in [0.2, 0.25) is 0 Å². The predicted octanol–water partition coefficient (Wildman–Crippen LogP) is 3.84. The first kappa shape index (κ1) is 22.5. The van der Waals surface area contributed by atoms with Gasteiger partial charge in [-0.15, -0.1) is 0 Å². The fourth-order valence-corrected chi connectivity index (χ4v) is 3.11. The monoisotopic (exact) mass is 448 g/mol. The second-order valence-corrected chi connectivity index (χ2v) is 7.03. The number of nitrogens with zero attached hydrogens (tertiary/aromatic N) is 4. The van der Waals surface area contributed by atoms with Gasteiger partial charge in [0, 0.05) is 23.7 Å². The molecule has 0 radical (unpaired) electrons. The molecule has 0 aliphatic carbocycles. The summed E-state index contributed by atoms with van der Waals surface area (Å²) in [5.41, 5.74) is 2.62. The van der Waals surface area contributed by atoms with E-state index in [1.807, 2.05) is 25.1 Å². The summed E-state index contributed by atoms with van der Waals surface area (Å²) in [5, 5.41) is 10.8. The molecule has 0 atom stereocenters. The number of aliphatic imine (C=N–C) groups is 1. The highest BCUT2D eigenvalue weighted by atomic mass is 35.5. The van der Waals surface area contributed by atoms with Gasteiger partial charge in [-0.25, -0.2) is 14.7 Å². The zero-order valence-corrected chi connectivity index (χ0v) is 17.7. The van der Waals surface area contributed by atoms with E-state index in [4.69, 9.17) is 11.6 Å². The van der Waals surface area contributed by atoms with E-state index in [0.29, 0.717) is 36.2 Å². The third-order valence-electron chi connectivity index (χ3n) is 4.25. The number of halogens is 3. The lowest BCUT2D eigenvalue weighted by atomic mass is 10.1. The van der Waals surface area contributed by atoms with Crippen molar-refractivity contribution in [2.75, 3.05) is 6.54 Å². The average Bonchev–Trinajstić information content (AvgIpc) is 3.25. The van der Waals surface area contributed by atoms with Crippen LogP contribution >= 0.6 is 11.6 Å². The molecule has 31 heavy (non-hydrogen) atoms. The summed E-state index contributed by atoms with van der Waals surface area (Å²) in [4.78, 5) is 8.54. The Hall–Kier alpha value is -3.20. The number of guanidine groups is 1. The van der Waals surface area contributed by atoms with Gasteiger partial charge in [0.1, 0.15) is 18.4 Å². The minimum Gasteiger partial charge on any atom is -0.434 e. The molecule has 0 aliphatic heterocycles. The Labute approximate surface area is 184 Å². The normalized spacial score (nSPS) is 11.6. The molecule has 10 heteroatoms. The molecule has 0 aliphatic rings. The van der Waals surface area contributed by atoms with Gasteiger partial charge < -0.3 is 15.4 Å². The van der Waals surface area contributed by atoms with E-state index in [0.717, 1.165) is 11.1 Å². The summed E-state index contributed by atoms with van der Waals surface area (Å²) in [6, 6.07) is 12.6. The fraction of sp³-hybridized carbons (Fsp3) is 0.286. The SMILES string of the molecule is CCNC(=NCc1cccc(Cn2cncn2)c1)NCc1cc(Cl)ccc1OC(F)F. The van der Waals surface area contributed by atoms with E-state index in [-0.39, 0.29) is 12.3 Å². The van der Waals surface area contributed by atoms with Gasteiger partial charge in [0.15, 0.2) is 5.96 Å². The van der Waals surface area contributed by atoms with Crippen LogP contribution in [0, 0.1) is 0 Å². The molecule has 0 spiro atoms. The van der Waals surface area contributed by atoms with E-state index in [9.17, 15) is 8.78 Å². The highest BCUT2D eigenvalue weighted by Gasteiger charge is 2.11. The Bertz CT molecular complexity index is 997. The second-order valence-electron chi connectivity index (χ2n) is 6.59. The summed E-state index contributed by atoms with van der Waals surface area (Å²) < 4.78 is 31.6. The number of benzene rings is 2. The number of nitrogens with one attached hydrogen (secondary N) is 2. The molecule has 1 heterocycles. The summed E-state index contributed by atoms with van der Waals surface area (Å²) in [5.74, 6) is 0.621. The van der Waals surface area contributed by atoms with Gasteiger partial charge in [0.05, 0.1) is 13.1 Å². The number of rotatable bonds is 9. The van der Waals surface area contributed by atoms with Gasteiger partial charge in [0.25, 0.3) is 0 Å². The molecule has 7 nitrogen and oxygen atoms in total. The van der Waals surface area contributed by atoms with Crippen LogP contribution in [0.15, 0.2) is 60.1 Å². The number of hydrogen-bond acceptors (Lipinski definition) is 4. The van der Waals surface area contributed by atoms with E-state index < -0.39 is 6.61 Å². The van der Waals surface area contributed by atoms with Crippen molar-refractivity contribution in [2.45, 2.75) is 33.2 Å². The lowest BCUT2D eigenvalue weighted by molar-refractivity contribution is -0.0504. The van der Waals surface area contributed by atoms with Crippen LogP contribution in [0.5, 0.6) is 5.75 Å². The number of alkyl halides is 2. The molecule has 3 rings (SSSR count). The lowest BCUT2D eigenvalue weighted by Crippen LogP contribution is -2.36. The third-order valence-corrected chi connectivity index (χ3v) is 4.49.